The number of fused-ring (bicyclic) bond motifs is 2. The molecule has 0 unspecified atom stereocenters. The maximum atomic E-state index is 12.8. The fraction of sp³-hybridized carbons (Fsp3) is 0. The second-order valence-corrected chi connectivity index (χ2v) is 6.86. The van der Waals surface area contributed by atoms with Gasteiger partial charge in [0.05, 0.1) is 16.0 Å². The van der Waals surface area contributed by atoms with Crippen LogP contribution < -0.4 is 10.9 Å². The molecule has 0 spiro atoms. The molecular formula is C22H15N7O3. The lowest BCUT2D eigenvalue weighted by atomic mass is 10.0. The summed E-state index contributed by atoms with van der Waals surface area (Å²) in [5.41, 5.74) is 6.43. The summed E-state index contributed by atoms with van der Waals surface area (Å²) in [5, 5.41) is 13.6. The van der Waals surface area contributed by atoms with E-state index in [9.17, 15) is 14.9 Å². The number of aromatic nitrogens is 4. The van der Waals surface area contributed by atoms with Gasteiger partial charge in [0.25, 0.3) is 5.91 Å². The number of hydrazine groups is 1. The summed E-state index contributed by atoms with van der Waals surface area (Å²) in [5.74, 6) is -0.573. The zero-order valence-electron chi connectivity index (χ0n) is 16.5. The third kappa shape index (κ3) is 3.25. The maximum Gasteiger partial charge on any atom is 0.355 e. The summed E-state index contributed by atoms with van der Waals surface area (Å²) < 4.78 is 1.51. The minimum Gasteiger partial charge on any atom is -0.277 e. The van der Waals surface area contributed by atoms with Crippen LogP contribution in [0.1, 0.15) is 10.4 Å². The Morgan fingerprint density at radius 3 is 2.59 bits per heavy atom. The molecule has 0 aliphatic heterocycles. The predicted molar refractivity (Wildman–Crippen MR) is 118 cm³/mol. The molecule has 32 heavy (non-hydrogen) atoms. The fourth-order valence-electron chi connectivity index (χ4n) is 3.54. The Balaban J connectivity index is 1.50. The average molecular weight is 425 g/mol. The topological polar surface area (TPSA) is 128 Å². The van der Waals surface area contributed by atoms with Crippen molar-refractivity contribution in [2.75, 3.05) is 5.43 Å². The number of nitrogens with zero attached hydrogens (tertiary/aromatic N) is 5. The van der Waals surface area contributed by atoms with Crippen molar-refractivity contribution in [1.29, 1.82) is 0 Å². The first-order valence-corrected chi connectivity index (χ1v) is 9.59. The standard InChI is InChI=1S/C22H15N7O3/c30-22(16-9-5-7-14-6-1-2-8-15(14)16)27-26-20-19(29(31)32)21(24-12-23-20)28-13-25-17-10-3-4-11-18(17)28/h1-13H,(H,27,30)(H,23,24,26). The molecule has 10 heteroatoms. The highest BCUT2D eigenvalue weighted by Crippen LogP contribution is 2.29. The van der Waals surface area contributed by atoms with Crippen LogP contribution in [0.15, 0.2) is 79.4 Å². The van der Waals surface area contributed by atoms with Gasteiger partial charge in [-0.25, -0.2) is 15.0 Å². The molecular weight excluding hydrogens is 410 g/mol. The summed E-state index contributed by atoms with van der Waals surface area (Å²) in [7, 11) is 0. The minimum atomic E-state index is -0.601. The van der Waals surface area contributed by atoms with Crippen molar-refractivity contribution in [3.05, 3.63) is 95.1 Å². The van der Waals surface area contributed by atoms with Crippen molar-refractivity contribution < 1.29 is 9.72 Å². The first-order chi connectivity index (χ1) is 15.6. The normalized spacial score (nSPS) is 10.9. The number of amides is 1. The molecule has 1 amide bonds. The lowest BCUT2D eigenvalue weighted by Crippen LogP contribution is -2.30. The van der Waals surface area contributed by atoms with Crippen LogP contribution in [0.25, 0.3) is 27.6 Å². The third-order valence-corrected chi connectivity index (χ3v) is 5.00. The molecule has 0 bridgehead atoms. The van der Waals surface area contributed by atoms with Crippen LogP contribution in [-0.4, -0.2) is 30.3 Å². The Labute approximate surface area is 180 Å². The van der Waals surface area contributed by atoms with Gasteiger partial charge >= 0.3 is 5.69 Å². The van der Waals surface area contributed by atoms with E-state index < -0.39 is 16.5 Å². The number of anilines is 1. The molecule has 0 aliphatic carbocycles. The molecule has 10 nitrogen and oxygen atoms in total. The molecule has 156 valence electrons. The first kappa shape index (κ1) is 19.1. The SMILES string of the molecule is O=C(NNc1ncnc(-n2cnc3ccccc32)c1[N+](=O)[O-])c1cccc2ccccc12. The van der Waals surface area contributed by atoms with E-state index >= 15 is 0 Å². The second-order valence-electron chi connectivity index (χ2n) is 6.86. The van der Waals surface area contributed by atoms with E-state index in [1.807, 2.05) is 36.4 Å². The lowest BCUT2D eigenvalue weighted by Gasteiger charge is -2.11. The van der Waals surface area contributed by atoms with Crippen molar-refractivity contribution in [1.82, 2.24) is 24.9 Å². The van der Waals surface area contributed by atoms with Gasteiger partial charge in [0.1, 0.15) is 12.7 Å². The number of carbonyl (C=O) groups is 1. The number of benzene rings is 3. The zero-order chi connectivity index (χ0) is 22.1. The molecule has 2 heterocycles. The fourth-order valence-corrected chi connectivity index (χ4v) is 3.54. The molecule has 0 radical (unpaired) electrons. The molecule has 0 fully saturated rings. The Morgan fingerprint density at radius 2 is 1.72 bits per heavy atom. The molecule has 3 aromatic carbocycles. The summed E-state index contributed by atoms with van der Waals surface area (Å²) in [6.07, 6.45) is 2.64. The summed E-state index contributed by atoms with van der Waals surface area (Å²) in [6.45, 7) is 0. The van der Waals surface area contributed by atoms with Gasteiger partial charge in [0.15, 0.2) is 0 Å². The quantitative estimate of drug-likeness (QED) is 0.325. The minimum absolute atomic E-state index is 0.0283. The van der Waals surface area contributed by atoms with Gasteiger partial charge in [-0.2, -0.15) is 0 Å². The molecule has 2 N–H and O–H groups in total. The van der Waals surface area contributed by atoms with Crippen LogP contribution >= 0.6 is 0 Å². The molecule has 5 aromatic rings. The van der Waals surface area contributed by atoms with Crippen molar-refractivity contribution in [3.63, 3.8) is 0 Å². The average Bonchev–Trinajstić information content (AvgIpc) is 3.26. The monoisotopic (exact) mass is 425 g/mol. The zero-order valence-corrected chi connectivity index (χ0v) is 16.5. The molecule has 0 saturated heterocycles. The number of hydrogen-bond acceptors (Lipinski definition) is 7. The van der Waals surface area contributed by atoms with E-state index in [0.717, 1.165) is 10.8 Å². The molecule has 5 rings (SSSR count). The van der Waals surface area contributed by atoms with E-state index in [0.29, 0.717) is 16.6 Å². The molecule has 0 atom stereocenters. The number of carbonyl (C=O) groups excluding carboxylic acids is 1. The first-order valence-electron chi connectivity index (χ1n) is 9.59. The van der Waals surface area contributed by atoms with Crippen molar-refractivity contribution in [2.24, 2.45) is 0 Å². The maximum absolute atomic E-state index is 12.8. The Morgan fingerprint density at radius 1 is 0.938 bits per heavy atom. The van der Waals surface area contributed by atoms with Crippen LogP contribution in [0.2, 0.25) is 0 Å². The van der Waals surface area contributed by atoms with E-state index in [2.05, 4.69) is 25.8 Å². The summed E-state index contributed by atoms with van der Waals surface area (Å²) in [4.78, 5) is 36.4. The van der Waals surface area contributed by atoms with Crippen LogP contribution in [-0.2, 0) is 0 Å². The lowest BCUT2D eigenvalue weighted by molar-refractivity contribution is -0.384. The Kier molecular flexibility index (Phi) is 4.64. The van der Waals surface area contributed by atoms with Crippen LogP contribution in [0, 0.1) is 10.1 Å². The van der Waals surface area contributed by atoms with Gasteiger partial charge < -0.3 is 0 Å². The number of para-hydroxylation sites is 2. The summed E-state index contributed by atoms with van der Waals surface area (Å²) in [6, 6.07) is 20.0. The smallest absolute Gasteiger partial charge is 0.277 e. The van der Waals surface area contributed by atoms with Gasteiger partial charge in [-0.1, -0.05) is 48.5 Å². The number of rotatable bonds is 5. The van der Waals surface area contributed by atoms with Crippen LogP contribution in [0.4, 0.5) is 11.5 Å². The third-order valence-electron chi connectivity index (χ3n) is 5.00. The Bertz CT molecular complexity index is 1490. The Hall–Kier alpha value is -4.86. The van der Waals surface area contributed by atoms with Gasteiger partial charge in [-0.15, -0.1) is 0 Å². The molecule has 0 aliphatic rings. The van der Waals surface area contributed by atoms with E-state index in [4.69, 9.17) is 0 Å². The van der Waals surface area contributed by atoms with Gasteiger partial charge in [0.2, 0.25) is 11.6 Å². The second kappa shape index (κ2) is 7.76. The highest BCUT2D eigenvalue weighted by Gasteiger charge is 2.26. The summed E-state index contributed by atoms with van der Waals surface area (Å²) >= 11 is 0. The van der Waals surface area contributed by atoms with Gasteiger partial charge in [0, 0.05) is 5.56 Å². The highest BCUT2D eigenvalue weighted by atomic mass is 16.6. The van der Waals surface area contributed by atoms with Crippen molar-refractivity contribution in [2.45, 2.75) is 0 Å². The number of nitro groups is 1. The van der Waals surface area contributed by atoms with Gasteiger partial charge in [-0.3, -0.25) is 30.3 Å². The number of imidazole rings is 1. The highest BCUT2D eigenvalue weighted by molar-refractivity contribution is 6.07. The van der Waals surface area contributed by atoms with Crippen molar-refractivity contribution >= 4 is 39.2 Å². The van der Waals surface area contributed by atoms with Crippen LogP contribution in [0.3, 0.4) is 0 Å². The van der Waals surface area contributed by atoms with Gasteiger partial charge in [-0.05, 0) is 29.0 Å². The van der Waals surface area contributed by atoms with E-state index in [1.165, 1.54) is 17.2 Å². The predicted octanol–water partition coefficient (Wildman–Crippen LogP) is 3.63. The largest absolute Gasteiger partial charge is 0.355 e. The molecule has 2 aromatic heterocycles. The number of hydrogen-bond donors (Lipinski definition) is 2. The number of nitrogens with one attached hydrogen (secondary N) is 2. The van der Waals surface area contributed by atoms with E-state index in [1.54, 1.807) is 30.3 Å². The van der Waals surface area contributed by atoms with Crippen molar-refractivity contribution in [3.8, 4) is 5.82 Å². The van der Waals surface area contributed by atoms with Crippen LogP contribution in [0.5, 0.6) is 0 Å². The van der Waals surface area contributed by atoms with E-state index in [-0.39, 0.29) is 11.6 Å². The molecule has 0 saturated carbocycles.